The van der Waals surface area contributed by atoms with Crippen LogP contribution < -0.4 is 0 Å². The molecule has 1 atom stereocenters. The van der Waals surface area contributed by atoms with Crippen molar-refractivity contribution >= 4 is 17.9 Å². The number of rotatable bonds is 3. The summed E-state index contributed by atoms with van der Waals surface area (Å²) in [6.07, 6.45) is 2.50. The van der Waals surface area contributed by atoms with E-state index in [0.29, 0.717) is 10.6 Å². The first kappa shape index (κ1) is 12.6. The predicted molar refractivity (Wildman–Crippen MR) is 70.0 cm³/mol. The maximum atomic E-state index is 11.3. The number of nitrogens with zero attached hydrogens (tertiary/aromatic N) is 1. The normalized spacial score (nSPS) is 12.1. The van der Waals surface area contributed by atoms with Crippen LogP contribution in [-0.4, -0.2) is 16.4 Å². The number of phenols is 1. The minimum absolute atomic E-state index is 0.0827. The van der Waals surface area contributed by atoms with Gasteiger partial charge in [0.05, 0.1) is 5.92 Å². The van der Waals surface area contributed by atoms with Crippen molar-refractivity contribution in [2.45, 2.75) is 12.8 Å². The van der Waals surface area contributed by atoms with Crippen molar-refractivity contribution in [3.63, 3.8) is 0 Å². The van der Waals surface area contributed by atoms with E-state index in [9.17, 15) is 9.90 Å². The molecule has 1 unspecified atom stereocenters. The molecule has 1 aromatic carbocycles. The van der Waals surface area contributed by atoms with E-state index < -0.39 is 5.92 Å². The molecule has 92 valence electrons. The molecule has 18 heavy (non-hydrogen) atoms. The number of phenolic OH excluding ortho intramolecular Hbond substituents is 1. The highest BCUT2D eigenvalue weighted by atomic mass is 35.5. The Labute approximate surface area is 110 Å². The molecule has 0 radical (unpaired) electrons. The van der Waals surface area contributed by atoms with Gasteiger partial charge in [-0.2, -0.15) is 0 Å². The first-order chi connectivity index (χ1) is 8.61. The van der Waals surface area contributed by atoms with Gasteiger partial charge in [0.2, 0.25) is 0 Å². The number of aromatic hydroxyl groups is 1. The highest BCUT2D eigenvalue weighted by molar-refractivity contribution is 6.31. The lowest BCUT2D eigenvalue weighted by Gasteiger charge is -2.13. The second-order valence-corrected chi connectivity index (χ2v) is 4.46. The summed E-state index contributed by atoms with van der Waals surface area (Å²) in [4.78, 5) is 15.4. The Morgan fingerprint density at radius 3 is 2.72 bits per heavy atom. The second-order valence-electron chi connectivity index (χ2n) is 4.05. The molecule has 0 saturated heterocycles. The zero-order valence-electron chi connectivity index (χ0n) is 9.80. The fourth-order valence-electron chi connectivity index (χ4n) is 1.86. The molecule has 4 heteroatoms. The molecule has 0 fully saturated rings. The number of aromatic nitrogens is 1. The van der Waals surface area contributed by atoms with Gasteiger partial charge in [-0.25, -0.2) is 0 Å². The average Bonchev–Trinajstić information content (AvgIpc) is 2.33. The fraction of sp³-hybridized carbons (Fsp3) is 0.143. The minimum atomic E-state index is -0.445. The Morgan fingerprint density at radius 1 is 1.33 bits per heavy atom. The summed E-state index contributed by atoms with van der Waals surface area (Å²) in [5.74, 6) is -0.362. The SMILES string of the molecule is Cc1cc(C(C=O)c2ccc(O)cc2Cl)ccn1. The van der Waals surface area contributed by atoms with Gasteiger partial charge in [0, 0.05) is 16.9 Å². The summed E-state index contributed by atoms with van der Waals surface area (Å²) in [7, 11) is 0. The Morgan fingerprint density at radius 2 is 2.11 bits per heavy atom. The van der Waals surface area contributed by atoms with Crippen LogP contribution in [0.2, 0.25) is 5.02 Å². The molecule has 1 aromatic heterocycles. The van der Waals surface area contributed by atoms with E-state index in [0.717, 1.165) is 17.5 Å². The molecule has 0 bridgehead atoms. The van der Waals surface area contributed by atoms with E-state index in [4.69, 9.17) is 11.6 Å². The van der Waals surface area contributed by atoms with Gasteiger partial charge in [0.25, 0.3) is 0 Å². The number of benzene rings is 1. The molecular formula is C14H12ClNO2. The third kappa shape index (κ3) is 2.51. The van der Waals surface area contributed by atoms with Crippen LogP contribution in [0.3, 0.4) is 0 Å². The van der Waals surface area contributed by atoms with Crippen LogP contribution in [0.25, 0.3) is 0 Å². The Kier molecular flexibility index (Phi) is 3.63. The Hall–Kier alpha value is -1.87. The number of pyridine rings is 1. The first-order valence-electron chi connectivity index (χ1n) is 5.48. The van der Waals surface area contributed by atoms with Crippen molar-refractivity contribution in [1.82, 2.24) is 4.98 Å². The van der Waals surface area contributed by atoms with Crippen LogP contribution in [0.5, 0.6) is 5.75 Å². The lowest BCUT2D eigenvalue weighted by atomic mass is 9.93. The Balaban J connectivity index is 2.48. The molecule has 2 aromatic rings. The molecule has 0 aliphatic heterocycles. The van der Waals surface area contributed by atoms with Gasteiger partial charge in [-0.05, 0) is 42.3 Å². The molecule has 0 amide bonds. The lowest BCUT2D eigenvalue weighted by molar-refractivity contribution is -0.108. The van der Waals surface area contributed by atoms with Crippen molar-refractivity contribution in [1.29, 1.82) is 0 Å². The monoisotopic (exact) mass is 261 g/mol. The first-order valence-corrected chi connectivity index (χ1v) is 5.86. The molecule has 0 aliphatic carbocycles. The predicted octanol–water partition coefficient (Wildman–Crippen LogP) is 3.08. The summed E-state index contributed by atoms with van der Waals surface area (Å²) < 4.78 is 0. The number of hydrogen-bond acceptors (Lipinski definition) is 3. The summed E-state index contributed by atoms with van der Waals surface area (Å²) in [5, 5.41) is 9.70. The summed E-state index contributed by atoms with van der Waals surface area (Å²) >= 11 is 6.06. The number of hydrogen-bond donors (Lipinski definition) is 1. The van der Waals surface area contributed by atoms with Crippen molar-refractivity contribution in [3.8, 4) is 5.75 Å². The summed E-state index contributed by atoms with van der Waals surface area (Å²) in [6.45, 7) is 1.86. The largest absolute Gasteiger partial charge is 0.508 e. The van der Waals surface area contributed by atoms with Gasteiger partial charge in [0.1, 0.15) is 12.0 Å². The zero-order chi connectivity index (χ0) is 13.1. The van der Waals surface area contributed by atoms with Gasteiger partial charge in [-0.3, -0.25) is 4.98 Å². The van der Waals surface area contributed by atoms with Crippen molar-refractivity contribution in [3.05, 3.63) is 58.4 Å². The van der Waals surface area contributed by atoms with E-state index in [1.807, 2.05) is 13.0 Å². The summed E-state index contributed by atoms with van der Waals surface area (Å²) in [5.41, 5.74) is 2.36. The van der Waals surface area contributed by atoms with Crippen molar-refractivity contribution in [2.75, 3.05) is 0 Å². The molecule has 0 aliphatic rings. The molecule has 3 nitrogen and oxygen atoms in total. The highest BCUT2D eigenvalue weighted by Crippen LogP contribution is 2.31. The van der Waals surface area contributed by atoms with Crippen LogP contribution in [0, 0.1) is 6.92 Å². The number of carbonyl (C=O) groups excluding carboxylic acids is 1. The van der Waals surface area contributed by atoms with Crippen LogP contribution in [-0.2, 0) is 4.79 Å². The van der Waals surface area contributed by atoms with Crippen molar-refractivity contribution < 1.29 is 9.90 Å². The lowest BCUT2D eigenvalue weighted by Crippen LogP contribution is -2.04. The number of halogens is 1. The molecule has 0 saturated carbocycles. The van der Waals surface area contributed by atoms with Gasteiger partial charge < -0.3 is 9.90 Å². The summed E-state index contributed by atoms with van der Waals surface area (Å²) in [6, 6.07) is 8.25. The molecule has 1 N–H and O–H groups in total. The van der Waals surface area contributed by atoms with Crippen LogP contribution >= 0.6 is 11.6 Å². The Bertz CT molecular complexity index is 584. The standard InChI is InChI=1S/C14H12ClNO2/c1-9-6-10(4-5-16-9)13(8-17)12-3-2-11(18)7-14(12)15/h2-8,13,18H,1H3. The van der Waals surface area contributed by atoms with E-state index in [1.165, 1.54) is 12.1 Å². The average molecular weight is 262 g/mol. The van der Waals surface area contributed by atoms with Gasteiger partial charge in [-0.15, -0.1) is 0 Å². The van der Waals surface area contributed by atoms with Crippen LogP contribution in [0.1, 0.15) is 22.7 Å². The van der Waals surface area contributed by atoms with Crippen molar-refractivity contribution in [2.24, 2.45) is 0 Å². The van der Waals surface area contributed by atoms with Crippen LogP contribution in [0.15, 0.2) is 36.5 Å². The number of carbonyl (C=O) groups is 1. The van der Waals surface area contributed by atoms with Gasteiger partial charge in [-0.1, -0.05) is 17.7 Å². The van der Waals surface area contributed by atoms with E-state index in [1.54, 1.807) is 18.3 Å². The molecule has 0 spiro atoms. The third-order valence-corrected chi connectivity index (χ3v) is 3.06. The smallest absolute Gasteiger partial charge is 0.131 e. The number of aldehydes is 1. The molecular weight excluding hydrogens is 250 g/mol. The maximum Gasteiger partial charge on any atom is 0.131 e. The van der Waals surface area contributed by atoms with Gasteiger partial charge in [0.15, 0.2) is 0 Å². The second kappa shape index (κ2) is 5.19. The van der Waals surface area contributed by atoms with Gasteiger partial charge >= 0.3 is 0 Å². The van der Waals surface area contributed by atoms with E-state index in [2.05, 4.69) is 4.98 Å². The maximum absolute atomic E-state index is 11.3. The minimum Gasteiger partial charge on any atom is -0.508 e. The molecule has 2 rings (SSSR count). The topological polar surface area (TPSA) is 50.2 Å². The number of aryl methyl sites for hydroxylation is 1. The zero-order valence-corrected chi connectivity index (χ0v) is 10.6. The van der Waals surface area contributed by atoms with E-state index >= 15 is 0 Å². The van der Waals surface area contributed by atoms with E-state index in [-0.39, 0.29) is 5.75 Å². The quantitative estimate of drug-likeness (QED) is 0.864. The molecule has 1 heterocycles. The fourth-order valence-corrected chi connectivity index (χ4v) is 2.15. The highest BCUT2D eigenvalue weighted by Gasteiger charge is 2.16. The third-order valence-electron chi connectivity index (χ3n) is 2.74. The van der Waals surface area contributed by atoms with Crippen LogP contribution in [0.4, 0.5) is 0 Å².